The van der Waals surface area contributed by atoms with E-state index >= 15 is 0 Å². The number of nitrogens with one attached hydrogen (secondary N) is 1. The number of piperidine rings is 1. The number of halogens is 3. The Balaban J connectivity index is 1.67. The van der Waals surface area contributed by atoms with Gasteiger partial charge < -0.3 is 0 Å². The van der Waals surface area contributed by atoms with E-state index in [4.69, 9.17) is 39.9 Å². The van der Waals surface area contributed by atoms with Gasteiger partial charge in [0.25, 0.3) is 11.8 Å². The standard InChI is InChI=1S/C27H25Cl3N6O2/c1-16-15-31-32-23(16)26(37)36(34-12-4-3-5-13-34)27(38)24-17(2)25(18-6-8-19(28)9-7-18)35(33-24)22-11-10-20(29)14-21(22)30/h6-11,14-15H,3-5,12-13H2,1-2H3,(H,31,32). The first-order chi connectivity index (χ1) is 18.3. The molecule has 8 nitrogen and oxygen atoms in total. The fourth-order valence-electron chi connectivity index (χ4n) is 4.67. The number of imide groups is 1. The quantitative estimate of drug-likeness (QED) is 0.276. The average molecular weight is 572 g/mol. The zero-order chi connectivity index (χ0) is 27.0. The summed E-state index contributed by atoms with van der Waals surface area (Å²) in [6.07, 6.45) is 4.36. The molecular weight excluding hydrogens is 547 g/mol. The van der Waals surface area contributed by atoms with Crippen LogP contribution in [0.1, 0.15) is 51.4 Å². The van der Waals surface area contributed by atoms with E-state index in [-0.39, 0.29) is 11.4 Å². The highest BCUT2D eigenvalue weighted by Crippen LogP contribution is 2.34. The number of hydrazine groups is 1. The van der Waals surface area contributed by atoms with Gasteiger partial charge in [0.2, 0.25) is 0 Å². The number of amides is 2. The number of carbonyl (C=O) groups excluding carboxylic acids is 2. The normalized spacial score (nSPS) is 14.0. The van der Waals surface area contributed by atoms with Gasteiger partial charge in [-0.3, -0.25) is 14.7 Å². The second kappa shape index (κ2) is 10.9. The van der Waals surface area contributed by atoms with Crippen molar-refractivity contribution in [3.05, 3.63) is 86.2 Å². The van der Waals surface area contributed by atoms with E-state index in [0.717, 1.165) is 24.8 Å². The molecule has 1 aliphatic rings. The number of aryl methyl sites for hydroxylation is 1. The fourth-order valence-corrected chi connectivity index (χ4v) is 5.28. The number of nitrogens with zero attached hydrogens (tertiary/aromatic N) is 5. The van der Waals surface area contributed by atoms with Crippen LogP contribution in [0.3, 0.4) is 0 Å². The summed E-state index contributed by atoms with van der Waals surface area (Å²) in [4.78, 5) is 27.9. The lowest BCUT2D eigenvalue weighted by Gasteiger charge is -2.35. The summed E-state index contributed by atoms with van der Waals surface area (Å²) in [6.45, 7) is 4.75. The summed E-state index contributed by atoms with van der Waals surface area (Å²) < 4.78 is 1.62. The van der Waals surface area contributed by atoms with Gasteiger partial charge in [0.1, 0.15) is 5.69 Å². The molecule has 1 N–H and O–H groups in total. The monoisotopic (exact) mass is 570 g/mol. The Bertz CT molecular complexity index is 1510. The third-order valence-electron chi connectivity index (χ3n) is 6.62. The van der Waals surface area contributed by atoms with Gasteiger partial charge in [0.05, 0.1) is 22.6 Å². The van der Waals surface area contributed by atoms with Crippen molar-refractivity contribution in [3.63, 3.8) is 0 Å². The molecule has 0 atom stereocenters. The minimum atomic E-state index is -0.526. The summed E-state index contributed by atoms with van der Waals surface area (Å²) >= 11 is 18.9. The van der Waals surface area contributed by atoms with Crippen LogP contribution < -0.4 is 0 Å². The molecule has 3 heterocycles. The van der Waals surface area contributed by atoms with Crippen molar-refractivity contribution in [2.45, 2.75) is 33.1 Å². The molecule has 1 aliphatic heterocycles. The summed E-state index contributed by atoms with van der Waals surface area (Å²) in [7, 11) is 0. The molecular formula is C27H25Cl3N6O2. The van der Waals surface area contributed by atoms with Crippen molar-refractivity contribution in [2.24, 2.45) is 0 Å². The van der Waals surface area contributed by atoms with Gasteiger partial charge in [-0.25, -0.2) is 9.69 Å². The van der Waals surface area contributed by atoms with Crippen LogP contribution in [-0.2, 0) is 0 Å². The Morgan fingerprint density at radius 3 is 2.24 bits per heavy atom. The predicted molar refractivity (Wildman–Crippen MR) is 148 cm³/mol. The molecule has 2 aromatic heterocycles. The Labute approximate surface area is 235 Å². The predicted octanol–water partition coefficient (Wildman–Crippen LogP) is 6.52. The number of aromatic nitrogens is 4. The van der Waals surface area contributed by atoms with Crippen LogP contribution in [-0.4, -0.2) is 54.9 Å². The zero-order valence-electron chi connectivity index (χ0n) is 20.8. The highest BCUT2D eigenvalue weighted by atomic mass is 35.5. The summed E-state index contributed by atoms with van der Waals surface area (Å²) in [6, 6.07) is 12.3. The number of hydrogen-bond acceptors (Lipinski definition) is 5. The first kappa shape index (κ1) is 26.4. The van der Waals surface area contributed by atoms with E-state index in [1.54, 1.807) is 53.1 Å². The van der Waals surface area contributed by atoms with E-state index in [1.165, 1.54) is 5.01 Å². The first-order valence-electron chi connectivity index (χ1n) is 12.2. The molecule has 0 bridgehead atoms. The van der Waals surface area contributed by atoms with Gasteiger partial charge in [-0.1, -0.05) is 53.4 Å². The highest BCUT2D eigenvalue weighted by molar-refractivity contribution is 6.35. The molecule has 38 heavy (non-hydrogen) atoms. The first-order valence-corrected chi connectivity index (χ1v) is 13.3. The summed E-state index contributed by atoms with van der Waals surface area (Å²) in [5, 5.41) is 15.9. The van der Waals surface area contributed by atoms with Crippen LogP contribution in [0, 0.1) is 13.8 Å². The molecule has 0 unspecified atom stereocenters. The van der Waals surface area contributed by atoms with Gasteiger partial charge in [0.15, 0.2) is 5.69 Å². The lowest BCUT2D eigenvalue weighted by molar-refractivity contribution is -0.0117. The van der Waals surface area contributed by atoms with Gasteiger partial charge in [-0.2, -0.15) is 15.2 Å². The van der Waals surface area contributed by atoms with Crippen LogP contribution in [0.15, 0.2) is 48.7 Å². The van der Waals surface area contributed by atoms with Gasteiger partial charge in [0, 0.05) is 34.3 Å². The largest absolute Gasteiger partial charge is 0.296 e. The molecule has 2 amide bonds. The Hall–Kier alpha value is -3.17. The van der Waals surface area contributed by atoms with Crippen LogP contribution in [0.2, 0.25) is 15.1 Å². The maximum atomic E-state index is 14.2. The molecule has 11 heteroatoms. The summed E-state index contributed by atoms with van der Waals surface area (Å²) in [5.41, 5.74) is 3.63. The Kier molecular flexibility index (Phi) is 7.59. The minimum Gasteiger partial charge on any atom is -0.273 e. The third kappa shape index (κ3) is 4.97. The van der Waals surface area contributed by atoms with Crippen LogP contribution >= 0.6 is 34.8 Å². The molecule has 0 radical (unpaired) electrons. The minimum absolute atomic E-state index is 0.136. The zero-order valence-corrected chi connectivity index (χ0v) is 23.1. The van der Waals surface area contributed by atoms with Crippen LogP contribution in [0.5, 0.6) is 0 Å². The highest BCUT2D eigenvalue weighted by Gasteiger charge is 2.36. The molecule has 1 fully saturated rings. The van der Waals surface area contributed by atoms with E-state index in [2.05, 4.69) is 10.2 Å². The average Bonchev–Trinajstić information content (AvgIpc) is 3.48. The van der Waals surface area contributed by atoms with E-state index < -0.39 is 11.8 Å². The third-order valence-corrected chi connectivity index (χ3v) is 7.41. The second-order valence-electron chi connectivity index (χ2n) is 9.20. The van der Waals surface area contributed by atoms with E-state index in [9.17, 15) is 9.59 Å². The number of hydrogen-bond donors (Lipinski definition) is 1. The lowest BCUT2D eigenvalue weighted by atomic mass is 10.1. The molecule has 1 saturated heterocycles. The van der Waals surface area contributed by atoms with Crippen molar-refractivity contribution >= 4 is 46.6 Å². The number of carbonyl (C=O) groups is 2. The molecule has 5 rings (SSSR count). The topological polar surface area (TPSA) is 87.1 Å². The number of H-pyrrole nitrogens is 1. The molecule has 196 valence electrons. The van der Waals surface area contributed by atoms with Crippen LogP contribution in [0.4, 0.5) is 0 Å². The summed E-state index contributed by atoms with van der Waals surface area (Å²) in [5.74, 6) is -0.999. The van der Waals surface area contributed by atoms with Gasteiger partial charge in [-0.15, -0.1) is 0 Å². The van der Waals surface area contributed by atoms with Gasteiger partial charge >= 0.3 is 0 Å². The Morgan fingerprint density at radius 2 is 1.61 bits per heavy atom. The van der Waals surface area contributed by atoms with Crippen molar-refractivity contribution < 1.29 is 9.59 Å². The van der Waals surface area contributed by atoms with E-state index in [0.29, 0.717) is 50.7 Å². The van der Waals surface area contributed by atoms with Crippen molar-refractivity contribution in [1.29, 1.82) is 0 Å². The SMILES string of the molecule is Cc1cn[nH]c1C(=O)N(C(=O)c1nn(-c2ccc(Cl)cc2Cl)c(-c2ccc(Cl)cc2)c1C)N1CCCCC1. The second-order valence-corrected chi connectivity index (χ2v) is 10.5. The lowest BCUT2D eigenvalue weighted by Crippen LogP contribution is -2.52. The fraction of sp³-hybridized carbons (Fsp3) is 0.259. The molecule has 2 aromatic carbocycles. The Morgan fingerprint density at radius 1 is 0.921 bits per heavy atom. The molecule has 0 aliphatic carbocycles. The number of benzene rings is 2. The van der Waals surface area contributed by atoms with E-state index in [1.807, 2.05) is 19.1 Å². The molecule has 0 spiro atoms. The molecule has 0 saturated carbocycles. The maximum Gasteiger partial charge on any atom is 0.296 e. The van der Waals surface area contributed by atoms with Crippen LogP contribution in [0.25, 0.3) is 16.9 Å². The maximum absolute atomic E-state index is 14.2. The number of aromatic amines is 1. The van der Waals surface area contributed by atoms with Crippen molar-refractivity contribution in [1.82, 2.24) is 30.0 Å². The van der Waals surface area contributed by atoms with Gasteiger partial charge in [-0.05, 0) is 62.6 Å². The van der Waals surface area contributed by atoms with Crippen molar-refractivity contribution in [3.8, 4) is 16.9 Å². The smallest absolute Gasteiger partial charge is 0.273 e. The van der Waals surface area contributed by atoms with Crippen molar-refractivity contribution in [2.75, 3.05) is 13.1 Å². The number of rotatable bonds is 5. The molecule has 4 aromatic rings.